The van der Waals surface area contributed by atoms with Gasteiger partial charge in [0.2, 0.25) is 5.91 Å². The van der Waals surface area contributed by atoms with Crippen molar-refractivity contribution in [1.82, 2.24) is 0 Å². The van der Waals surface area contributed by atoms with Crippen molar-refractivity contribution in [1.29, 1.82) is 0 Å². The summed E-state index contributed by atoms with van der Waals surface area (Å²) in [5.41, 5.74) is 0.866. The maximum absolute atomic E-state index is 12.1. The van der Waals surface area contributed by atoms with Crippen molar-refractivity contribution in [3.8, 4) is 5.75 Å². The molecule has 2 atom stereocenters. The zero-order valence-corrected chi connectivity index (χ0v) is 10.9. The molecule has 0 aliphatic carbocycles. The topological polar surface area (TPSA) is 42.7 Å². The minimum atomic E-state index is -0.0479. The Morgan fingerprint density at radius 2 is 1.95 bits per heavy atom. The summed E-state index contributed by atoms with van der Waals surface area (Å²) in [5, 5.41) is 0. The molecule has 1 saturated heterocycles. The van der Waals surface area contributed by atoms with Crippen LogP contribution in [-0.4, -0.2) is 13.0 Å². The van der Waals surface area contributed by atoms with E-state index in [-0.39, 0.29) is 17.9 Å². The number of anilines is 1. The van der Waals surface area contributed by atoms with E-state index >= 15 is 0 Å². The van der Waals surface area contributed by atoms with Crippen LogP contribution >= 0.6 is 0 Å². The van der Waals surface area contributed by atoms with Crippen LogP contribution in [0.3, 0.4) is 0 Å². The van der Waals surface area contributed by atoms with Gasteiger partial charge in [0, 0.05) is 5.69 Å². The number of benzene rings is 1. The van der Waals surface area contributed by atoms with Gasteiger partial charge in [-0.3, -0.25) is 4.79 Å². The van der Waals surface area contributed by atoms with Crippen molar-refractivity contribution < 1.29 is 13.9 Å². The Labute approximate surface area is 111 Å². The Kier molecular flexibility index (Phi) is 2.78. The van der Waals surface area contributed by atoms with Gasteiger partial charge in [0.25, 0.3) is 0 Å². The smallest absolute Gasteiger partial charge is 0.233 e. The van der Waals surface area contributed by atoms with E-state index in [1.165, 1.54) is 0 Å². The summed E-state index contributed by atoms with van der Waals surface area (Å²) in [4.78, 5) is 13.8. The highest BCUT2D eigenvalue weighted by Crippen LogP contribution is 2.43. The first-order chi connectivity index (χ1) is 9.22. The largest absolute Gasteiger partial charge is 0.497 e. The van der Waals surface area contributed by atoms with Crippen molar-refractivity contribution in [2.45, 2.75) is 13.0 Å². The number of nitrogens with zero attached hydrogens (tertiary/aromatic N) is 1. The van der Waals surface area contributed by atoms with E-state index in [9.17, 15) is 4.79 Å². The molecule has 0 unspecified atom stereocenters. The van der Waals surface area contributed by atoms with Crippen molar-refractivity contribution in [3.63, 3.8) is 0 Å². The third-order valence-corrected chi connectivity index (χ3v) is 3.56. The maximum atomic E-state index is 12.1. The summed E-state index contributed by atoms with van der Waals surface area (Å²) in [6.07, 6.45) is 1.64. The van der Waals surface area contributed by atoms with Gasteiger partial charge in [0.1, 0.15) is 17.6 Å². The van der Waals surface area contributed by atoms with Crippen molar-refractivity contribution in [3.05, 3.63) is 48.4 Å². The van der Waals surface area contributed by atoms with Crippen LogP contribution in [0, 0.1) is 5.92 Å². The number of furan rings is 1. The summed E-state index contributed by atoms with van der Waals surface area (Å²) in [6, 6.07) is 11.2. The van der Waals surface area contributed by atoms with Crippen LogP contribution in [0.4, 0.5) is 5.69 Å². The molecule has 19 heavy (non-hydrogen) atoms. The Morgan fingerprint density at radius 3 is 2.53 bits per heavy atom. The molecule has 1 aromatic heterocycles. The van der Waals surface area contributed by atoms with E-state index in [4.69, 9.17) is 9.15 Å². The molecule has 0 bridgehead atoms. The Balaban J connectivity index is 1.91. The predicted octanol–water partition coefficient (Wildman–Crippen LogP) is 3.01. The van der Waals surface area contributed by atoms with Crippen LogP contribution in [0.5, 0.6) is 5.75 Å². The molecule has 0 radical (unpaired) electrons. The number of methoxy groups -OCH3 is 1. The SMILES string of the molecule is COc1ccc(N2C(=O)[C@H](C)[C@H]2c2ccco2)cc1. The molecule has 2 aromatic rings. The molecular weight excluding hydrogens is 242 g/mol. The Bertz CT molecular complexity index is 574. The van der Waals surface area contributed by atoms with Crippen molar-refractivity contribution >= 4 is 11.6 Å². The lowest BCUT2D eigenvalue weighted by Crippen LogP contribution is -2.53. The molecule has 1 fully saturated rings. The first kappa shape index (κ1) is 11.8. The Hall–Kier alpha value is -2.23. The van der Waals surface area contributed by atoms with Crippen LogP contribution in [0.1, 0.15) is 18.7 Å². The number of amides is 1. The maximum Gasteiger partial charge on any atom is 0.233 e. The van der Waals surface area contributed by atoms with Crippen molar-refractivity contribution in [2.24, 2.45) is 5.92 Å². The fourth-order valence-corrected chi connectivity index (χ4v) is 2.50. The highest BCUT2D eigenvalue weighted by molar-refractivity contribution is 6.02. The van der Waals surface area contributed by atoms with Gasteiger partial charge in [-0.05, 0) is 36.4 Å². The van der Waals surface area contributed by atoms with Gasteiger partial charge in [0.05, 0.1) is 19.3 Å². The van der Waals surface area contributed by atoms with Gasteiger partial charge >= 0.3 is 0 Å². The molecule has 1 aromatic carbocycles. The number of hydrogen-bond donors (Lipinski definition) is 0. The molecule has 2 heterocycles. The predicted molar refractivity (Wildman–Crippen MR) is 71.1 cm³/mol. The standard InChI is InChI=1S/C15H15NO3/c1-10-14(13-4-3-9-19-13)16(15(10)17)11-5-7-12(18-2)8-6-11/h3-10,14H,1-2H3/t10-,14+/m1/s1. The highest BCUT2D eigenvalue weighted by Gasteiger charge is 2.47. The normalized spacial score (nSPS) is 22.2. The summed E-state index contributed by atoms with van der Waals surface area (Å²) in [7, 11) is 1.62. The van der Waals surface area contributed by atoms with Gasteiger partial charge in [-0.25, -0.2) is 0 Å². The fraction of sp³-hybridized carbons (Fsp3) is 0.267. The summed E-state index contributed by atoms with van der Waals surface area (Å²) in [5.74, 6) is 1.67. The molecule has 0 N–H and O–H groups in total. The zero-order chi connectivity index (χ0) is 13.4. The van der Waals surface area contributed by atoms with Gasteiger partial charge in [-0.1, -0.05) is 6.92 Å². The van der Waals surface area contributed by atoms with E-state index in [2.05, 4.69) is 0 Å². The average molecular weight is 257 g/mol. The minimum absolute atomic E-state index is 0.0177. The van der Waals surface area contributed by atoms with Crippen LogP contribution in [-0.2, 0) is 4.79 Å². The number of rotatable bonds is 3. The van der Waals surface area contributed by atoms with Crippen LogP contribution in [0.25, 0.3) is 0 Å². The highest BCUT2D eigenvalue weighted by atomic mass is 16.5. The lowest BCUT2D eigenvalue weighted by Gasteiger charge is -2.44. The molecule has 98 valence electrons. The fourth-order valence-electron chi connectivity index (χ4n) is 2.50. The lowest BCUT2D eigenvalue weighted by atomic mass is 9.86. The van der Waals surface area contributed by atoms with Gasteiger partial charge in [-0.2, -0.15) is 0 Å². The van der Waals surface area contributed by atoms with E-state index < -0.39 is 0 Å². The second-order valence-corrected chi connectivity index (χ2v) is 4.66. The molecule has 4 nitrogen and oxygen atoms in total. The van der Waals surface area contributed by atoms with Gasteiger partial charge in [-0.15, -0.1) is 0 Å². The number of hydrogen-bond acceptors (Lipinski definition) is 3. The van der Waals surface area contributed by atoms with Gasteiger partial charge < -0.3 is 14.1 Å². The second-order valence-electron chi connectivity index (χ2n) is 4.66. The monoisotopic (exact) mass is 257 g/mol. The third kappa shape index (κ3) is 1.80. The molecule has 1 aliphatic heterocycles. The number of ether oxygens (including phenoxy) is 1. The van der Waals surface area contributed by atoms with E-state index in [0.29, 0.717) is 0 Å². The second kappa shape index (κ2) is 4.46. The number of carbonyl (C=O) groups excluding carboxylic acids is 1. The van der Waals surface area contributed by atoms with E-state index in [1.54, 1.807) is 18.3 Å². The Morgan fingerprint density at radius 1 is 1.21 bits per heavy atom. The van der Waals surface area contributed by atoms with E-state index in [0.717, 1.165) is 17.2 Å². The molecule has 0 saturated carbocycles. The summed E-state index contributed by atoms with van der Waals surface area (Å²) < 4.78 is 10.6. The minimum Gasteiger partial charge on any atom is -0.497 e. The molecule has 4 heteroatoms. The van der Waals surface area contributed by atoms with Crippen LogP contribution < -0.4 is 9.64 Å². The molecule has 3 rings (SSSR count). The number of carbonyl (C=O) groups is 1. The number of β-lactam (4-membered cyclic amide) rings is 1. The molecule has 1 amide bonds. The zero-order valence-electron chi connectivity index (χ0n) is 10.9. The lowest BCUT2D eigenvalue weighted by molar-refractivity contribution is -0.130. The third-order valence-electron chi connectivity index (χ3n) is 3.56. The summed E-state index contributed by atoms with van der Waals surface area (Å²) >= 11 is 0. The van der Waals surface area contributed by atoms with Gasteiger partial charge in [0.15, 0.2) is 0 Å². The average Bonchev–Trinajstić information content (AvgIpc) is 2.97. The van der Waals surface area contributed by atoms with Crippen LogP contribution in [0.2, 0.25) is 0 Å². The molecule has 0 spiro atoms. The summed E-state index contributed by atoms with van der Waals surface area (Å²) in [6.45, 7) is 1.93. The molecular formula is C15H15NO3. The quantitative estimate of drug-likeness (QED) is 0.794. The van der Waals surface area contributed by atoms with Crippen molar-refractivity contribution in [2.75, 3.05) is 12.0 Å². The first-order valence-electron chi connectivity index (χ1n) is 6.23. The van der Waals surface area contributed by atoms with E-state index in [1.807, 2.05) is 43.3 Å². The van der Waals surface area contributed by atoms with Crippen LogP contribution in [0.15, 0.2) is 47.1 Å². The first-order valence-corrected chi connectivity index (χ1v) is 6.23. The molecule has 1 aliphatic rings.